The van der Waals surface area contributed by atoms with Gasteiger partial charge in [-0.15, -0.1) is 0 Å². The van der Waals surface area contributed by atoms with Crippen LogP contribution in [0.5, 0.6) is 0 Å². The highest BCUT2D eigenvalue weighted by molar-refractivity contribution is 7.99. The molecule has 1 aromatic rings. The average Bonchev–Trinajstić information content (AvgIpc) is 2.27. The highest BCUT2D eigenvalue weighted by Crippen LogP contribution is 2.34. The van der Waals surface area contributed by atoms with Gasteiger partial charge >= 0.3 is 0 Å². The molecule has 1 fully saturated rings. The Morgan fingerprint density at radius 2 is 1.89 bits per heavy atom. The molecule has 1 N–H and O–H groups in total. The van der Waals surface area contributed by atoms with Gasteiger partial charge in [0.1, 0.15) is 0 Å². The standard InChI is InChI=1S/C14H21NO2S2/c1-14(2)8-12(9-18-10-14)15-11-4-6-13(7-5-11)19(3,16)17/h4-7,12,15H,8-10H2,1-3H3. The van der Waals surface area contributed by atoms with Gasteiger partial charge in [-0.2, -0.15) is 11.8 Å². The second-order valence-corrected chi connectivity index (χ2v) is 9.07. The summed E-state index contributed by atoms with van der Waals surface area (Å²) in [6, 6.07) is 7.49. The summed E-state index contributed by atoms with van der Waals surface area (Å²) in [5.41, 5.74) is 1.36. The lowest BCUT2D eigenvalue weighted by atomic mass is 9.88. The summed E-state index contributed by atoms with van der Waals surface area (Å²) in [5.74, 6) is 2.31. The third-order valence-corrected chi connectivity index (χ3v) is 6.02. The van der Waals surface area contributed by atoms with Crippen LogP contribution in [-0.2, 0) is 9.84 Å². The minimum atomic E-state index is -3.10. The minimum absolute atomic E-state index is 0.368. The van der Waals surface area contributed by atoms with E-state index < -0.39 is 9.84 Å². The average molecular weight is 299 g/mol. The first-order valence-corrected chi connectivity index (χ1v) is 9.45. The quantitative estimate of drug-likeness (QED) is 0.932. The van der Waals surface area contributed by atoms with Crippen LogP contribution >= 0.6 is 11.8 Å². The van der Waals surface area contributed by atoms with Crippen LogP contribution in [0.3, 0.4) is 0 Å². The van der Waals surface area contributed by atoms with Crippen molar-refractivity contribution in [3.8, 4) is 0 Å². The number of benzene rings is 1. The maximum atomic E-state index is 11.4. The molecular weight excluding hydrogens is 278 g/mol. The first-order chi connectivity index (χ1) is 8.76. The SMILES string of the molecule is CC1(C)CSCC(Nc2ccc(S(C)(=O)=O)cc2)C1. The number of hydrogen-bond donors (Lipinski definition) is 1. The summed E-state index contributed by atoms with van der Waals surface area (Å²) < 4.78 is 22.8. The lowest BCUT2D eigenvalue weighted by Crippen LogP contribution is -2.35. The molecule has 0 aliphatic carbocycles. The summed E-state index contributed by atoms with van der Waals surface area (Å²) in [6.07, 6.45) is 2.38. The Balaban J connectivity index is 2.04. The Hall–Kier alpha value is -0.680. The molecule has 2 rings (SSSR count). The van der Waals surface area contributed by atoms with E-state index >= 15 is 0 Å². The molecule has 0 spiro atoms. The maximum absolute atomic E-state index is 11.4. The van der Waals surface area contributed by atoms with Gasteiger partial charge in [-0.3, -0.25) is 0 Å². The van der Waals surface area contributed by atoms with E-state index in [1.165, 1.54) is 12.0 Å². The van der Waals surface area contributed by atoms with E-state index in [1.54, 1.807) is 12.1 Å². The Bertz CT molecular complexity index is 535. The molecule has 0 saturated carbocycles. The lowest BCUT2D eigenvalue weighted by Gasteiger charge is -2.35. The molecule has 0 aromatic heterocycles. The van der Waals surface area contributed by atoms with Gasteiger partial charge in [-0.25, -0.2) is 8.42 Å². The first-order valence-electron chi connectivity index (χ1n) is 6.41. The van der Waals surface area contributed by atoms with Crippen molar-refractivity contribution in [3.05, 3.63) is 24.3 Å². The second-order valence-electron chi connectivity index (χ2n) is 6.02. The van der Waals surface area contributed by atoms with E-state index in [1.807, 2.05) is 23.9 Å². The summed E-state index contributed by atoms with van der Waals surface area (Å²) in [4.78, 5) is 0.372. The summed E-state index contributed by atoms with van der Waals surface area (Å²) in [7, 11) is -3.10. The van der Waals surface area contributed by atoms with Crippen LogP contribution in [-0.4, -0.2) is 32.2 Å². The number of rotatable bonds is 3. The smallest absolute Gasteiger partial charge is 0.175 e. The van der Waals surface area contributed by atoms with Gasteiger partial charge in [-0.1, -0.05) is 13.8 Å². The number of anilines is 1. The van der Waals surface area contributed by atoms with Crippen LogP contribution in [0.2, 0.25) is 0 Å². The molecular formula is C14H21NO2S2. The predicted molar refractivity (Wildman–Crippen MR) is 82.7 cm³/mol. The van der Waals surface area contributed by atoms with Crippen molar-refractivity contribution < 1.29 is 8.42 Å². The van der Waals surface area contributed by atoms with Gasteiger partial charge in [0.25, 0.3) is 0 Å². The molecule has 3 nitrogen and oxygen atoms in total. The molecule has 0 bridgehead atoms. The zero-order valence-electron chi connectivity index (χ0n) is 11.6. The van der Waals surface area contributed by atoms with Crippen molar-refractivity contribution in [3.63, 3.8) is 0 Å². The van der Waals surface area contributed by atoms with E-state index in [0.29, 0.717) is 16.4 Å². The fourth-order valence-electron chi connectivity index (χ4n) is 2.39. The largest absolute Gasteiger partial charge is 0.381 e. The Morgan fingerprint density at radius 3 is 2.42 bits per heavy atom. The van der Waals surface area contributed by atoms with Crippen LogP contribution in [0.15, 0.2) is 29.2 Å². The van der Waals surface area contributed by atoms with Gasteiger partial charge < -0.3 is 5.32 Å². The highest BCUT2D eigenvalue weighted by atomic mass is 32.2. The third-order valence-electron chi connectivity index (χ3n) is 3.26. The van der Waals surface area contributed by atoms with Crippen molar-refractivity contribution in [1.82, 2.24) is 0 Å². The van der Waals surface area contributed by atoms with Crippen molar-refractivity contribution >= 4 is 27.3 Å². The summed E-state index contributed by atoms with van der Waals surface area (Å²) in [5, 5.41) is 3.50. The molecule has 1 saturated heterocycles. The number of thioether (sulfide) groups is 1. The fraction of sp³-hybridized carbons (Fsp3) is 0.571. The summed E-state index contributed by atoms with van der Waals surface area (Å²) in [6.45, 7) is 4.58. The van der Waals surface area contributed by atoms with Crippen LogP contribution in [0.4, 0.5) is 5.69 Å². The molecule has 1 heterocycles. The van der Waals surface area contributed by atoms with E-state index in [-0.39, 0.29) is 0 Å². The van der Waals surface area contributed by atoms with Crippen LogP contribution in [0.25, 0.3) is 0 Å². The van der Waals surface area contributed by atoms with Crippen LogP contribution in [0, 0.1) is 5.41 Å². The van der Waals surface area contributed by atoms with Gasteiger partial charge in [0, 0.05) is 23.7 Å². The third kappa shape index (κ3) is 4.14. The molecule has 1 aliphatic rings. The van der Waals surface area contributed by atoms with Crippen molar-refractivity contribution in [1.29, 1.82) is 0 Å². The minimum Gasteiger partial charge on any atom is -0.381 e. The van der Waals surface area contributed by atoms with E-state index in [9.17, 15) is 8.42 Å². The number of hydrogen-bond acceptors (Lipinski definition) is 4. The van der Waals surface area contributed by atoms with Crippen molar-refractivity contribution in [2.45, 2.75) is 31.2 Å². The molecule has 0 amide bonds. The van der Waals surface area contributed by atoms with Crippen molar-refractivity contribution in [2.24, 2.45) is 5.41 Å². The second kappa shape index (κ2) is 5.37. The molecule has 1 aliphatic heterocycles. The van der Waals surface area contributed by atoms with Crippen molar-refractivity contribution in [2.75, 3.05) is 23.1 Å². The lowest BCUT2D eigenvalue weighted by molar-refractivity contribution is 0.358. The predicted octanol–water partition coefficient (Wildman–Crippen LogP) is 3.03. The molecule has 1 atom stereocenters. The van der Waals surface area contributed by atoms with E-state index in [0.717, 1.165) is 17.9 Å². The molecule has 106 valence electrons. The van der Waals surface area contributed by atoms with E-state index in [4.69, 9.17) is 0 Å². The van der Waals surface area contributed by atoms with Crippen LogP contribution in [0.1, 0.15) is 20.3 Å². The number of sulfone groups is 1. The summed E-state index contributed by atoms with van der Waals surface area (Å²) >= 11 is 1.98. The molecule has 1 unspecified atom stereocenters. The Kier molecular flexibility index (Phi) is 4.16. The monoisotopic (exact) mass is 299 g/mol. The zero-order chi connectivity index (χ0) is 14.1. The van der Waals surface area contributed by atoms with Gasteiger partial charge in [0.15, 0.2) is 9.84 Å². The molecule has 5 heteroatoms. The maximum Gasteiger partial charge on any atom is 0.175 e. The van der Waals surface area contributed by atoms with Crippen LogP contribution < -0.4 is 5.32 Å². The Morgan fingerprint density at radius 1 is 1.26 bits per heavy atom. The fourth-order valence-corrected chi connectivity index (χ4v) is 4.29. The normalized spacial score (nSPS) is 23.0. The van der Waals surface area contributed by atoms with E-state index in [2.05, 4.69) is 19.2 Å². The molecule has 19 heavy (non-hydrogen) atoms. The Labute approximate surface area is 120 Å². The topological polar surface area (TPSA) is 46.2 Å². The molecule has 0 radical (unpaired) electrons. The van der Waals surface area contributed by atoms with Gasteiger partial charge in [0.2, 0.25) is 0 Å². The van der Waals surface area contributed by atoms with Gasteiger partial charge in [-0.05, 0) is 41.9 Å². The van der Waals surface area contributed by atoms with Gasteiger partial charge in [0.05, 0.1) is 4.90 Å². The molecule has 1 aromatic carbocycles. The highest BCUT2D eigenvalue weighted by Gasteiger charge is 2.28. The zero-order valence-corrected chi connectivity index (χ0v) is 13.3. The first kappa shape index (κ1) is 14.7. The number of nitrogens with one attached hydrogen (secondary N) is 1.